The Kier molecular flexibility index (Phi) is 6.09. The van der Waals surface area contributed by atoms with Gasteiger partial charge in [-0.3, -0.25) is 0 Å². The molecule has 0 aromatic heterocycles. The van der Waals surface area contributed by atoms with Crippen molar-refractivity contribution in [3.63, 3.8) is 0 Å². The monoisotopic (exact) mass is 459 g/mol. The van der Waals surface area contributed by atoms with Crippen molar-refractivity contribution in [2.45, 2.75) is 43.2 Å². The molecule has 6 nitrogen and oxygen atoms in total. The molecule has 2 N–H and O–H groups in total. The highest BCUT2D eigenvalue weighted by atomic mass is 16.5. The number of likely N-dealkylation sites (N-methyl/N-ethyl adjacent to an activating group) is 1. The lowest BCUT2D eigenvalue weighted by Crippen LogP contribution is -2.52. The van der Waals surface area contributed by atoms with E-state index in [9.17, 15) is 4.79 Å². The average Bonchev–Trinajstić information content (AvgIpc) is 3.20. The van der Waals surface area contributed by atoms with Gasteiger partial charge in [-0.25, -0.2) is 4.79 Å². The van der Waals surface area contributed by atoms with E-state index in [-0.39, 0.29) is 17.5 Å². The fraction of sp³-hybridized carbons (Fsp3) is 0.393. The van der Waals surface area contributed by atoms with Crippen molar-refractivity contribution >= 4 is 22.5 Å². The van der Waals surface area contributed by atoms with Gasteiger partial charge < -0.3 is 25.0 Å². The Labute approximate surface area is 201 Å². The molecule has 1 saturated heterocycles. The predicted molar refractivity (Wildman–Crippen MR) is 136 cm³/mol. The maximum atomic E-state index is 12.8. The number of anilines is 1. The molecule has 0 unspecified atom stereocenters. The van der Waals surface area contributed by atoms with E-state index in [1.165, 1.54) is 5.56 Å². The molecule has 3 aromatic carbocycles. The molecule has 3 atom stereocenters. The summed E-state index contributed by atoms with van der Waals surface area (Å²) < 4.78 is 11.0. The van der Waals surface area contributed by atoms with Crippen molar-refractivity contribution in [3.8, 4) is 11.5 Å². The molecule has 5 rings (SSSR count). The molecule has 1 aliphatic heterocycles. The summed E-state index contributed by atoms with van der Waals surface area (Å²) in [4.78, 5) is 15.3. The maximum absolute atomic E-state index is 12.8. The van der Waals surface area contributed by atoms with E-state index in [0.29, 0.717) is 6.04 Å². The highest BCUT2D eigenvalue weighted by Gasteiger charge is 2.50. The number of methoxy groups -OCH3 is 2. The summed E-state index contributed by atoms with van der Waals surface area (Å²) in [6.07, 6.45) is 4.01. The number of ether oxygens (including phenoxy) is 2. The number of nitrogens with zero attached hydrogens (tertiary/aromatic N) is 1. The fourth-order valence-corrected chi connectivity index (χ4v) is 6.01. The van der Waals surface area contributed by atoms with Crippen LogP contribution >= 0.6 is 0 Å². The van der Waals surface area contributed by atoms with Crippen LogP contribution in [0.5, 0.6) is 11.5 Å². The van der Waals surface area contributed by atoms with E-state index in [1.54, 1.807) is 14.2 Å². The van der Waals surface area contributed by atoms with Gasteiger partial charge in [0, 0.05) is 23.2 Å². The number of benzene rings is 3. The number of urea groups is 1. The van der Waals surface area contributed by atoms with Gasteiger partial charge in [-0.2, -0.15) is 0 Å². The average molecular weight is 460 g/mol. The largest absolute Gasteiger partial charge is 0.493 e. The SMILES string of the molecule is COc1ccc([C@@]23CC[C@@H](NC(=O)Nc4ccc5ccccc5c4)C[C@@H]2N(C)CC3)cc1OC. The molecular formula is C28H33N3O3. The first-order chi connectivity index (χ1) is 16.5. The molecule has 0 spiro atoms. The molecule has 34 heavy (non-hydrogen) atoms. The minimum atomic E-state index is -0.139. The van der Waals surface area contributed by atoms with Crippen LogP contribution in [0.2, 0.25) is 0 Å². The second kappa shape index (κ2) is 9.18. The Hall–Kier alpha value is -3.25. The van der Waals surface area contributed by atoms with Crippen molar-refractivity contribution in [2.75, 3.05) is 33.1 Å². The number of fused-ring (bicyclic) bond motifs is 2. The van der Waals surface area contributed by atoms with Gasteiger partial charge in [-0.15, -0.1) is 0 Å². The summed E-state index contributed by atoms with van der Waals surface area (Å²) in [6, 6.07) is 20.9. The molecular weight excluding hydrogens is 426 g/mol. The third kappa shape index (κ3) is 4.07. The zero-order valence-corrected chi connectivity index (χ0v) is 20.1. The maximum Gasteiger partial charge on any atom is 0.319 e. The van der Waals surface area contributed by atoms with Crippen molar-refractivity contribution in [1.29, 1.82) is 0 Å². The van der Waals surface area contributed by atoms with E-state index >= 15 is 0 Å². The number of hydrogen-bond acceptors (Lipinski definition) is 4. The standard InChI is InChI=1S/C28H33N3O3/c1-31-15-14-28(21-9-11-24(33-2)25(17-21)34-3)13-12-23(18-26(28)31)30-27(32)29-22-10-8-19-6-4-5-7-20(19)16-22/h4-11,16-17,23,26H,12-15,18H2,1-3H3,(H2,29,30,32)/t23-,26+,28+/m1/s1. The number of likely N-dealkylation sites (tertiary alicyclic amines) is 1. The van der Waals surface area contributed by atoms with Crippen LogP contribution in [0.1, 0.15) is 31.2 Å². The summed E-state index contributed by atoms with van der Waals surface area (Å²) in [7, 11) is 5.55. The van der Waals surface area contributed by atoms with E-state index in [1.807, 2.05) is 36.4 Å². The second-order valence-corrected chi connectivity index (χ2v) is 9.60. The van der Waals surface area contributed by atoms with Gasteiger partial charge in [0.25, 0.3) is 0 Å². The van der Waals surface area contributed by atoms with Crippen LogP contribution < -0.4 is 20.1 Å². The molecule has 2 aliphatic rings. The number of nitrogens with one attached hydrogen (secondary N) is 2. The lowest BCUT2D eigenvalue weighted by molar-refractivity contribution is 0.156. The second-order valence-electron chi connectivity index (χ2n) is 9.60. The molecule has 1 heterocycles. The van der Waals surface area contributed by atoms with Crippen LogP contribution in [0, 0.1) is 0 Å². The Morgan fingerprint density at radius 3 is 2.56 bits per heavy atom. The first-order valence-corrected chi connectivity index (χ1v) is 12.0. The number of carbonyl (C=O) groups excluding carboxylic acids is 1. The molecule has 0 radical (unpaired) electrons. The number of amides is 2. The Morgan fingerprint density at radius 1 is 0.971 bits per heavy atom. The van der Waals surface area contributed by atoms with E-state index in [0.717, 1.165) is 60.2 Å². The van der Waals surface area contributed by atoms with Gasteiger partial charge in [0.1, 0.15) is 0 Å². The minimum Gasteiger partial charge on any atom is -0.493 e. The van der Waals surface area contributed by atoms with Crippen LogP contribution in [0.25, 0.3) is 10.8 Å². The summed E-state index contributed by atoms with van der Waals surface area (Å²) in [5, 5.41) is 8.54. The van der Waals surface area contributed by atoms with Gasteiger partial charge in [-0.05, 0) is 79.9 Å². The van der Waals surface area contributed by atoms with E-state index in [4.69, 9.17) is 9.47 Å². The van der Waals surface area contributed by atoms with E-state index in [2.05, 4.69) is 46.8 Å². The third-order valence-electron chi connectivity index (χ3n) is 7.83. The normalized spacial score (nSPS) is 24.4. The Bertz CT molecular complexity index is 1200. The first-order valence-electron chi connectivity index (χ1n) is 12.0. The Balaban J connectivity index is 1.29. The molecule has 178 valence electrons. The summed E-state index contributed by atoms with van der Waals surface area (Å²) in [5.74, 6) is 1.53. The summed E-state index contributed by atoms with van der Waals surface area (Å²) >= 11 is 0. The topological polar surface area (TPSA) is 62.8 Å². The first kappa shape index (κ1) is 22.5. The Morgan fingerprint density at radius 2 is 1.76 bits per heavy atom. The van der Waals surface area contributed by atoms with Gasteiger partial charge in [0.15, 0.2) is 11.5 Å². The molecule has 2 amide bonds. The third-order valence-corrected chi connectivity index (χ3v) is 7.83. The number of hydrogen-bond donors (Lipinski definition) is 2. The predicted octanol–water partition coefficient (Wildman–Crippen LogP) is 5.17. The molecule has 1 aliphatic carbocycles. The highest BCUT2D eigenvalue weighted by molar-refractivity contribution is 5.93. The molecule has 2 fully saturated rings. The molecule has 3 aromatic rings. The number of rotatable bonds is 5. The molecule has 6 heteroatoms. The zero-order chi connectivity index (χ0) is 23.7. The lowest BCUT2D eigenvalue weighted by Gasteiger charge is -2.45. The van der Waals surface area contributed by atoms with Crippen molar-refractivity contribution < 1.29 is 14.3 Å². The van der Waals surface area contributed by atoms with Crippen molar-refractivity contribution in [3.05, 3.63) is 66.2 Å². The van der Waals surface area contributed by atoms with Crippen LogP contribution in [0.4, 0.5) is 10.5 Å². The molecule has 1 saturated carbocycles. The van der Waals surface area contributed by atoms with E-state index < -0.39 is 0 Å². The van der Waals surface area contributed by atoms with Gasteiger partial charge in [-0.1, -0.05) is 36.4 Å². The van der Waals surface area contributed by atoms with Crippen LogP contribution in [0.3, 0.4) is 0 Å². The van der Waals surface area contributed by atoms with Crippen molar-refractivity contribution in [1.82, 2.24) is 10.2 Å². The zero-order valence-electron chi connectivity index (χ0n) is 20.1. The molecule has 0 bridgehead atoms. The highest BCUT2D eigenvalue weighted by Crippen LogP contribution is 2.49. The summed E-state index contributed by atoms with van der Waals surface area (Å²) in [5.41, 5.74) is 2.18. The van der Waals surface area contributed by atoms with Crippen LogP contribution in [-0.4, -0.2) is 50.8 Å². The van der Waals surface area contributed by atoms with Gasteiger partial charge >= 0.3 is 6.03 Å². The lowest BCUT2D eigenvalue weighted by atomic mass is 9.65. The van der Waals surface area contributed by atoms with Crippen LogP contribution in [-0.2, 0) is 5.41 Å². The summed E-state index contributed by atoms with van der Waals surface area (Å²) in [6.45, 7) is 1.05. The number of carbonyl (C=O) groups is 1. The minimum absolute atomic E-state index is 0.0707. The van der Waals surface area contributed by atoms with Gasteiger partial charge in [0.2, 0.25) is 0 Å². The van der Waals surface area contributed by atoms with Gasteiger partial charge in [0.05, 0.1) is 14.2 Å². The quantitative estimate of drug-likeness (QED) is 0.552. The van der Waals surface area contributed by atoms with Crippen molar-refractivity contribution in [2.24, 2.45) is 0 Å². The van der Waals surface area contributed by atoms with Crippen LogP contribution in [0.15, 0.2) is 60.7 Å². The smallest absolute Gasteiger partial charge is 0.319 e. The fourth-order valence-electron chi connectivity index (χ4n) is 6.01.